The summed E-state index contributed by atoms with van der Waals surface area (Å²) in [6.07, 6.45) is -1.06. The summed E-state index contributed by atoms with van der Waals surface area (Å²) >= 11 is 12.0. The molecule has 1 aliphatic rings. The fraction of sp³-hybridized carbons (Fsp3) is 0.500. The minimum atomic E-state index is -0.566. The fourth-order valence-corrected chi connectivity index (χ4v) is 2.53. The summed E-state index contributed by atoms with van der Waals surface area (Å²) < 4.78 is 10.6. The largest absolute Gasteiger partial charge is 0.418 e. The lowest BCUT2D eigenvalue weighted by Crippen LogP contribution is -2.46. The molecule has 0 aliphatic carbocycles. The molecule has 0 aromatic heterocycles. The summed E-state index contributed by atoms with van der Waals surface area (Å²) in [6, 6.07) is 5.72. The SMILES string of the molecule is CNC(=O)O[C@H]1CN(C(C)c2ccc(Cl)c(Cl)c2)CCO1. The molecule has 5 nitrogen and oxygen atoms in total. The first-order valence-corrected chi connectivity index (χ1v) is 7.46. The molecule has 1 heterocycles. The fourth-order valence-electron chi connectivity index (χ4n) is 2.22. The number of hydrogen-bond donors (Lipinski definition) is 1. The second-order valence-corrected chi connectivity index (χ2v) is 5.61. The van der Waals surface area contributed by atoms with Crippen molar-refractivity contribution in [1.82, 2.24) is 10.2 Å². The van der Waals surface area contributed by atoms with Crippen molar-refractivity contribution in [1.29, 1.82) is 0 Å². The number of hydrogen-bond acceptors (Lipinski definition) is 4. The second kappa shape index (κ2) is 7.31. The zero-order valence-electron chi connectivity index (χ0n) is 11.9. The van der Waals surface area contributed by atoms with Gasteiger partial charge >= 0.3 is 6.09 Å². The van der Waals surface area contributed by atoms with E-state index in [2.05, 4.69) is 17.1 Å². The highest BCUT2D eigenvalue weighted by Gasteiger charge is 2.27. The van der Waals surface area contributed by atoms with Crippen LogP contribution in [0.4, 0.5) is 4.79 Å². The van der Waals surface area contributed by atoms with Crippen LogP contribution in [0.5, 0.6) is 0 Å². The monoisotopic (exact) mass is 332 g/mol. The Balaban J connectivity index is 2.02. The summed E-state index contributed by atoms with van der Waals surface area (Å²) in [5.74, 6) is 0. The molecule has 2 rings (SSSR count). The molecule has 0 radical (unpaired) electrons. The van der Waals surface area contributed by atoms with Crippen LogP contribution < -0.4 is 5.32 Å². The van der Waals surface area contributed by atoms with E-state index in [0.717, 1.165) is 12.1 Å². The molecular formula is C14H18Cl2N2O3. The zero-order valence-corrected chi connectivity index (χ0v) is 13.4. The van der Waals surface area contributed by atoms with Crippen LogP contribution in [-0.2, 0) is 9.47 Å². The van der Waals surface area contributed by atoms with E-state index in [9.17, 15) is 4.79 Å². The van der Waals surface area contributed by atoms with Crippen LogP contribution in [-0.4, -0.2) is 44.0 Å². The van der Waals surface area contributed by atoms with Crippen LogP contribution in [0, 0.1) is 0 Å². The number of alkyl carbamates (subject to hydrolysis) is 1. The quantitative estimate of drug-likeness (QED) is 0.924. The first-order chi connectivity index (χ1) is 10.0. The molecule has 7 heteroatoms. The number of carbonyl (C=O) groups is 1. The highest BCUT2D eigenvalue weighted by molar-refractivity contribution is 6.42. The molecule has 1 amide bonds. The lowest BCUT2D eigenvalue weighted by atomic mass is 10.1. The Labute approximate surface area is 134 Å². The smallest absolute Gasteiger partial charge is 0.409 e. The van der Waals surface area contributed by atoms with Crippen molar-refractivity contribution in [3.8, 4) is 0 Å². The van der Waals surface area contributed by atoms with Gasteiger partial charge in [0.15, 0.2) is 0 Å². The summed E-state index contributed by atoms with van der Waals surface area (Å²) in [5, 5.41) is 3.48. The molecule has 1 aromatic carbocycles. The minimum absolute atomic E-state index is 0.124. The number of carbonyl (C=O) groups excluding carboxylic acids is 1. The number of benzene rings is 1. The number of halogens is 2. The second-order valence-electron chi connectivity index (χ2n) is 4.80. The summed E-state index contributed by atoms with van der Waals surface area (Å²) in [7, 11) is 1.52. The highest BCUT2D eigenvalue weighted by Crippen LogP contribution is 2.29. The maximum atomic E-state index is 11.2. The Bertz CT molecular complexity index is 513. The van der Waals surface area contributed by atoms with Gasteiger partial charge in [-0.15, -0.1) is 0 Å². The summed E-state index contributed by atoms with van der Waals surface area (Å²) in [4.78, 5) is 13.4. The number of nitrogens with one attached hydrogen (secondary N) is 1. The van der Waals surface area contributed by atoms with Crippen molar-refractivity contribution < 1.29 is 14.3 Å². The molecule has 1 saturated heterocycles. The minimum Gasteiger partial charge on any atom is -0.418 e. The number of rotatable bonds is 3. The zero-order chi connectivity index (χ0) is 15.4. The van der Waals surface area contributed by atoms with Crippen LogP contribution in [0.2, 0.25) is 10.0 Å². The van der Waals surface area contributed by atoms with Crippen molar-refractivity contribution in [2.24, 2.45) is 0 Å². The van der Waals surface area contributed by atoms with Crippen LogP contribution in [0.25, 0.3) is 0 Å². The van der Waals surface area contributed by atoms with Crippen LogP contribution >= 0.6 is 23.2 Å². The number of nitrogens with zero attached hydrogens (tertiary/aromatic N) is 1. The highest BCUT2D eigenvalue weighted by atomic mass is 35.5. The molecule has 1 aromatic rings. The van der Waals surface area contributed by atoms with E-state index in [0.29, 0.717) is 23.2 Å². The molecular weight excluding hydrogens is 315 g/mol. The van der Waals surface area contributed by atoms with E-state index in [1.807, 2.05) is 12.1 Å². The van der Waals surface area contributed by atoms with Gasteiger partial charge < -0.3 is 14.8 Å². The van der Waals surface area contributed by atoms with Crippen molar-refractivity contribution in [3.05, 3.63) is 33.8 Å². The van der Waals surface area contributed by atoms with Gasteiger partial charge in [-0.3, -0.25) is 4.90 Å². The number of ether oxygens (including phenoxy) is 2. The lowest BCUT2D eigenvalue weighted by Gasteiger charge is -2.36. The van der Waals surface area contributed by atoms with Gasteiger partial charge in [-0.25, -0.2) is 4.79 Å². The Morgan fingerprint density at radius 3 is 2.90 bits per heavy atom. The third-order valence-electron chi connectivity index (χ3n) is 3.48. The maximum Gasteiger partial charge on any atom is 0.409 e. The predicted octanol–water partition coefficient (Wildman–Crippen LogP) is 3.07. The third kappa shape index (κ3) is 4.23. The van der Waals surface area contributed by atoms with Crippen LogP contribution in [0.1, 0.15) is 18.5 Å². The first-order valence-electron chi connectivity index (χ1n) is 6.70. The van der Waals surface area contributed by atoms with E-state index < -0.39 is 12.4 Å². The van der Waals surface area contributed by atoms with E-state index in [1.165, 1.54) is 7.05 Å². The van der Waals surface area contributed by atoms with Gasteiger partial charge in [-0.1, -0.05) is 29.3 Å². The normalized spacial score (nSPS) is 20.9. The summed E-state index contributed by atoms with van der Waals surface area (Å²) in [6.45, 7) is 3.85. The molecule has 1 fully saturated rings. The number of morpholine rings is 1. The van der Waals surface area contributed by atoms with Gasteiger partial charge in [0.25, 0.3) is 0 Å². The molecule has 1 unspecified atom stereocenters. The summed E-state index contributed by atoms with van der Waals surface area (Å²) in [5.41, 5.74) is 1.06. The van der Waals surface area contributed by atoms with Gasteiger partial charge in [0, 0.05) is 19.6 Å². The molecule has 21 heavy (non-hydrogen) atoms. The average Bonchev–Trinajstić information content (AvgIpc) is 2.49. The van der Waals surface area contributed by atoms with E-state index in [4.69, 9.17) is 32.7 Å². The van der Waals surface area contributed by atoms with Crippen LogP contribution in [0.3, 0.4) is 0 Å². The average molecular weight is 333 g/mol. The molecule has 0 saturated carbocycles. The first kappa shape index (κ1) is 16.4. The van der Waals surface area contributed by atoms with E-state index in [-0.39, 0.29) is 6.04 Å². The maximum absolute atomic E-state index is 11.2. The molecule has 1 N–H and O–H groups in total. The Kier molecular flexibility index (Phi) is 5.70. The van der Waals surface area contributed by atoms with Gasteiger partial charge in [0.05, 0.1) is 23.2 Å². The Morgan fingerprint density at radius 2 is 2.24 bits per heavy atom. The number of amides is 1. The van der Waals surface area contributed by atoms with Gasteiger partial charge in [0.1, 0.15) is 0 Å². The van der Waals surface area contributed by atoms with Crippen molar-refractivity contribution in [2.75, 3.05) is 26.7 Å². The molecule has 2 atom stereocenters. The molecule has 0 bridgehead atoms. The Hall–Kier alpha value is -1.01. The molecule has 116 valence electrons. The van der Waals surface area contributed by atoms with E-state index in [1.54, 1.807) is 6.07 Å². The lowest BCUT2D eigenvalue weighted by molar-refractivity contribution is -0.153. The van der Waals surface area contributed by atoms with E-state index >= 15 is 0 Å². The topological polar surface area (TPSA) is 50.8 Å². The van der Waals surface area contributed by atoms with Gasteiger partial charge in [-0.2, -0.15) is 0 Å². The van der Waals surface area contributed by atoms with Crippen LogP contribution in [0.15, 0.2) is 18.2 Å². The van der Waals surface area contributed by atoms with Crippen molar-refractivity contribution in [3.63, 3.8) is 0 Å². The third-order valence-corrected chi connectivity index (χ3v) is 4.22. The van der Waals surface area contributed by atoms with Crippen molar-refractivity contribution in [2.45, 2.75) is 19.3 Å². The Morgan fingerprint density at radius 1 is 1.48 bits per heavy atom. The predicted molar refractivity (Wildman–Crippen MR) is 81.7 cm³/mol. The molecule has 1 aliphatic heterocycles. The van der Waals surface area contributed by atoms with Gasteiger partial charge in [-0.05, 0) is 24.6 Å². The standard InChI is InChI=1S/C14H18Cl2N2O3/c1-9(10-3-4-11(15)12(16)7-10)18-5-6-20-13(8-18)21-14(19)17-2/h3-4,7,9,13H,5-6,8H2,1-2H3,(H,17,19)/t9?,13-/m0/s1. The molecule has 0 spiro atoms. The van der Waals surface area contributed by atoms with Crippen molar-refractivity contribution >= 4 is 29.3 Å². The van der Waals surface area contributed by atoms with Gasteiger partial charge in [0.2, 0.25) is 6.29 Å².